The summed E-state index contributed by atoms with van der Waals surface area (Å²) in [6.45, 7) is 5.86. The lowest BCUT2D eigenvalue weighted by Gasteiger charge is -2.35. The van der Waals surface area contributed by atoms with Crippen LogP contribution in [-0.4, -0.2) is 72.4 Å². The average Bonchev–Trinajstić information content (AvgIpc) is 2.68. The Kier molecular flexibility index (Phi) is 5.87. The van der Waals surface area contributed by atoms with Gasteiger partial charge in [-0.3, -0.25) is 9.59 Å². The Bertz CT molecular complexity index is 650. The van der Waals surface area contributed by atoms with Crippen molar-refractivity contribution in [2.75, 3.05) is 49.2 Å². The predicted octanol–water partition coefficient (Wildman–Crippen LogP) is 0.119. The number of amides is 1. The van der Waals surface area contributed by atoms with Crippen LogP contribution in [0.5, 0.6) is 0 Å². The van der Waals surface area contributed by atoms with E-state index < -0.39 is 17.8 Å². The Morgan fingerprint density at radius 3 is 2.62 bits per heavy atom. The van der Waals surface area contributed by atoms with E-state index in [0.29, 0.717) is 19.8 Å². The molecule has 2 aliphatic heterocycles. The molecule has 0 aromatic carbocycles. The summed E-state index contributed by atoms with van der Waals surface area (Å²) in [5.41, 5.74) is 0. The van der Waals surface area contributed by atoms with Crippen molar-refractivity contribution < 1.29 is 19.4 Å². The first kappa shape index (κ1) is 18.4. The standard InChI is InChI=1S/C17H25N5O4/c1-12(17(24)25)16(23)20-13-3-2-4-22(10-13)15-9-14(18-11-19-15)21-5-7-26-8-6-21/h9,11-13H,2-8,10H2,1H3,(H,20,23)(H,24,25). The van der Waals surface area contributed by atoms with Crippen molar-refractivity contribution in [1.29, 1.82) is 0 Å². The highest BCUT2D eigenvalue weighted by molar-refractivity contribution is 5.96. The number of ether oxygens (including phenoxy) is 1. The summed E-state index contributed by atoms with van der Waals surface area (Å²) >= 11 is 0. The van der Waals surface area contributed by atoms with Gasteiger partial charge in [0.2, 0.25) is 5.91 Å². The zero-order valence-corrected chi connectivity index (χ0v) is 14.9. The molecule has 142 valence electrons. The van der Waals surface area contributed by atoms with Crippen LogP contribution in [0.3, 0.4) is 0 Å². The summed E-state index contributed by atoms with van der Waals surface area (Å²) in [5.74, 6) is -0.893. The molecule has 1 amide bonds. The van der Waals surface area contributed by atoms with Crippen molar-refractivity contribution in [1.82, 2.24) is 15.3 Å². The second-order valence-electron chi connectivity index (χ2n) is 6.69. The third-order valence-electron chi connectivity index (χ3n) is 4.83. The van der Waals surface area contributed by atoms with E-state index in [9.17, 15) is 9.59 Å². The topological polar surface area (TPSA) is 108 Å². The molecule has 2 atom stereocenters. The number of carbonyl (C=O) groups excluding carboxylic acids is 1. The monoisotopic (exact) mass is 363 g/mol. The van der Waals surface area contributed by atoms with Crippen molar-refractivity contribution >= 4 is 23.5 Å². The largest absolute Gasteiger partial charge is 0.481 e. The molecule has 1 aromatic rings. The molecule has 2 aliphatic rings. The zero-order valence-electron chi connectivity index (χ0n) is 14.9. The second-order valence-corrected chi connectivity index (χ2v) is 6.69. The van der Waals surface area contributed by atoms with Crippen LogP contribution in [0.25, 0.3) is 0 Å². The van der Waals surface area contributed by atoms with Gasteiger partial charge < -0.3 is 25.0 Å². The number of carboxylic acids is 1. The lowest BCUT2D eigenvalue weighted by atomic mass is 10.0. The highest BCUT2D eigenvalue weighted by Crippen LogP contribution is 2.22. The molecule has 3 rings (SSSR count). The van der Waals surface area contributed by atoms with Gasteiger partial charge in [-0.2, -0.15) is 0 Å². The minimum Gasteiger partial charge on any atom is -0.481 e. The first-order valence-corrected chi connectivity index (χ1v) is 8.97. The summed E-state index contributed by atoms with van der Waals surface area (Å²) < 4.78 is 5.38. The average molecular weight is 363 g/mol. The Labute approximate surface area is 152 Å². The molecular formula is C17H25N5O4. The number of rotatable bonds is 5. The predicted molar refractivity (Wildman–Crippen MR) is 95.2 cm³/mol. The molecule has 9 heteroatoms. The summed E-state index contributed by atoms with van der Waals surface area (Å²) in [7, 11) is 0. The van der Waals surface area contributed by atoms with Crippen LogP contribution in [0.1, 0.15) is 19.8 Å². The van der Waals surface area contributed by atoms with Gasteiger partial charge in [-0.25, -0.2) is 9.97 Å². The number of hydrogen-bond donors (Lipinski definition) is 2. The van der Waals surface area contributed by atoms with E-state index in [0.717, 1.165) is 44.1 Å². The van der Waals surface area contributed by atoms with Crippen LogP contribution in [0.4, 0.5) is 11.6 Å². The lowest BCUT2D eigenvalue weighted by Crippen LogP contribution is -2.50. The highest BCUT2D eigenvalue weighted by atomic mass is 16.5. The molecular weight excluding hydrogens is 338 g/mol. The third kappa shape index (κ3) is 4.40. The molecule has 2 saturated heterocycles. The number of nitrogens with one attached hydrogen (secondary N) is 1. The van der Waals surface area contributed by atoms with Crippen molar-refractivity contribution in [3.05, 3.63) is 12.4 Å². The van der Waals surface area contributed by atoms with E-state index in [2.05, 4.69) is 25.1 Å². The number of morpholine rings is 1. The van der Waals surface area contributed by atoms with Crippen LogP contribution in [-0.2, 0) is 14.3 Å². The van der Waals surface area contributed by atoms with E-state index in [1.54, 1.807) is 6.33 Å². The number of hydrogen-bond acceptors (Lipinski definition) is 7. The normalized spacial score (nSPS) is 22.0. The van der Waals surface area contributed by atoms with Gasteiger partial charge in [-0.1, -0.05) is 0 Å². The SMILES string of the molecule is CC(C(=O)O)C(=O)NC1CCCN(c2cc(N3CCOCC3)ncn2)C1. The van der Waals surface area contributed by atoms with Crippen LogP contribution >= 0.6 is 0 Å². The summed E-state index contributed by atoms with van der Waals surface area (Å²) in [6, 6.07) is 1.88. The Morgan fingerprint density at radius 1 is 1.23 bits per heavy atom. The lowest BCUT2D eigenvalue weighted by molar-refractivity contribution is -0.146. The van der Waals surface area contributed by atoms with E-state index >= 15 is 0 Å². The minimum atomic E-state index is -1.11. The molecule has 26 heavy (non-hydrogen) atoms. The Morgan fingerprint density at radius 2 is 1.92 bits per heavy atom. The molecule has 2 N–H and O–H groups in total. The van der Waals surface area contributed by atoms with Crippen molar-refractivity contribution in [3.63, 3.8) is 0 Å². The number of carbonyl (C=O) groups is 2. The van der Waals surface area contributed by atoms with Crippen LogP contribution < -0.4 is 15.1 Å². The summed E-state index contributed by atoms with van der Waals surface area (Å²) in [4.78, 5) is 36.0. The Hall–Kier alpha value is -2.42. The number of aliphatic carboxylic acids is 1. The van der Waals surface area contributed by atoms with Gasteiger partial charge in [0.15, 0.2) is 0 Å². The van der Waals surface area contributed by atoms with Crippen molar-refractivity contribution in [2.45, 2.75) is 25.8 Å². The van der Waals surface area contributed by atoms with Crippen molar-refractivity contribution in [2.24, 2.45) is 5.92 Å². The quantitative estimate of drug-likeness (QED) is 0.710. The molecule has 0 spiro atoms. The fourth-order valence-electron chi connectivity index (χ4n) is 3.22. The molecule has 1 aromatic heterocycles. The second kappa shape index (κ2) is 8.31. The fourth-order valence-corrected chi connectivity index (χ4v) is 3.22. The van der Waals surface area contributed by atoms with Crippen LogP contribution in [0.2, 0.25) is 0 Å². The van der Waals surface area contributed by atoms with E-state index in [4.69, 9.17) is 9.84 Å². The zero-order chi connectivity index (χ0) is 18.5. The maximum absolute atomic E-state index is 12.0. The molecule has 2 fully saturated rings. The number of piperidine rings is 1. The van der Waals surface area contributed by atoms with Gasteiger partial charge in [-0.05, 0) is 19.8 Å². The Balaban J connectivity index is 1.64. The van der Waals surface area contributed by atoms with Gasteiger partial charge in [0, 0.05) is 38.3 Å². The molecule has 0 saturated carbocycles. The smallest absolute Gasteiger partial charge is 0.315 e. The molecule has 0 bridgehead atoms. The molecule has 0 aliphatic carbocycles. The first-order chi connectivity index (χ1) is 12.5. The number of nitrogens with zero attached hydrogens (tertiary/aromatic N) is 4. The van der Waals surface area contributed by atoms with E-state index in [1.165, 1.54) is 6.92 Å². The van der Waals surface area contributed by atoms with Gasteiger partial charge in [0.1, 0.15) is 23.9 Å². The van der Waals surface area contributed by atoms with E-state index in [-0.39, 0.29) is 6.04 Å². The van der Waals surface area contributed by atoms with Gasteiger partial charge in [-0.15, -0.1) is 0 Å². The van der Waals surface area contributed by atoms with Gasteiger partial charge >= 0.3 is 5.97 Å². The maximum Gasteiger partial charge on any atom is 0.315 e. The molecule has 2 unspecified atom stereocenters. The van der Waals surface area contributed by atoms with Crippen LogP contribution in [0, 0.1) is 5.92 Å². The highest BCUT2D eigenvalue weighted by Gasteiger charge is 2.27. The van der Waals surface area contributed by atoms with Gasteiger partial charge in [0.05, 0.1) is 13.2 Å². The number of anilines is 2. The van der Waals surface area contributed by atoms with Crippen LogP contribution in [0.15, 0.2) is 12.4 Å². The number of carboxylic acid groups (broad SMARTS) is 1. The molecule has 9 nitrogen and oxygen atoms in total. The molecule has 3 heterocycles. The van der Waals surface area contributed by atoms with E-state index in [1.807, 2.05) is 6.07 Å². The third-order valence-corrected chi connectivity index (χ3v) is 4.83. The van der Waals surface area contributed by atoms with Gasteiger partial charge in [0.25, 0.3) is 0 Å². The summed E-state index contributed by atoms with van der Waals surface area (Å²) in [6.07, 6.45) is 3.30. The summed E-state index contributed by atoms with van der Waals surface area (Å²) in [5, 5.41) is 11.8. The number of aromatic nitrogens is 2. The minimum absolute atomic E-state index is 0.0835. The first-order valence-electron chi connectivity index (χ1n) is 8.97. The maximum atomic E-state index is 12.0. The fraction of sp³-hybridized carbons (Fsp3) is 0.647. The van der Waals surface area contributed by atoms with Crippen molar-refractivity contribution in [3.8, 4) is 0 Å². The molecule has 0 radical (unpaired) electrons.